The summed E-state index contributed by atoms with van der Waals surface area (Å²) in [5.74, 6) is -0.121. The molecule has 4 N–H and O–H groups in total. The molecule has 1 amide bonds. The Morgan fingerprint density at radius 2 is 2.03 bits per heavy atom. The molecule has 2 aromatic heterocycles. The molecule has 0 bridgehead atoms. The minimum Gasteiger partial charge on any atom is -0.427 e. The molecule has 200 valence electrons. The third kappa shape index (κ3) is 4.94. The van der Waals surface area contributed by atoms with Crippen molar-refractivity contribution >= 4 is 34.3 Å². The summed E-state index contributed by atoms with van der Waals surface area (Å²) >= 11 is 0. The lowest BCUT2D eigenvalue weighted by atomic mass is 9.86. The van der Waals surface area contributed by atoms with Crippen molar-refractivity contribution in [1.82, 2.24) is 19.7 Å². The van der Waals surface area contributed by atoms with Crippen LogP contribution in [0.15, 0.2) is 53.3 Å². The summed E-state index contributed by atoms with van der Waals surface area (Å²) in [7, 11) is 3.87. The van der Waals surface area contributed by atoms with Gasteiger partial charge in [0.2, 0.25) is 5.91 Å². The highest BCUT2D eigenvalue weighted by Crippen LogP contribution is 2.40. The average molecular weight is 527 g/mol. The molecule has 2 heterocycles. The van der Waals surface area contributed by atoms with E-state index in [4.69, 9.17) is 15.6 Å². The Labute approximate surface area is 225 Å². The number of carbonyl (C=O) groups is 2. The summed E-state index contributed by atoms with van der Waals surface area (Å²) in [5.41, 5.74) is 12.2. The van der Waals surface area contributed by atoms with Gasteiger partial charge < -0.3 is 25.7 Å². The highest BCUT2D eigenvalue weighted by atomic mass is 16.5. The fourth-order valence-electron chi connectivity index (χ4n) is 4.95. The van der Waals surface area contributed by atoms with Gasteiger partial charge in [-0.1, -0.05) is 24.3 Å². The summed E-state index contributed by atoms with van der Waals surface area (Å²) in [5, 5.41) is 8.09. The predicted octanol–water partition coefficient (Wildman–Crippen LogP) is 3.35. The summed E-state index contributed by atoms with van der Waals surface area (Å²) in [4.78, 5) is 42.2. The summed E-state index contributed by atoms with van der Waals surface area (Å²) in [6.07, 6.45) is 4.55. The smallest absolute Gasteiger partial charge is 0.308 e. The molecule has 1 aliphatic rings. The number of amides is 1. The molecule has 0 saturated heterocycles. The van der Waals surface area contributed by atoms with Crippen molar-refractivity contribution in [1.29, 1.82) is 0 Å². The second kappa shape index (κ2) is 10.2. The van der Waals surface area contributed by atoms with Crippen molar-refractivity contribution < 1.29 is 14.3 Å². The van der Waals surface area contributed by atoms with E-state index in [1.807, 2.05) is 50.2 Å². The van der Waals surface area contributed by atoms with E-state index in [-0.39, 0.29) is 22.7 Å². The fourth-order valence-corrected chi connectivity index (χ4v) is 4.95. The third-order valence-electron chi connectivity index (χ3n) is 6.69. The number of pyridine rings is 1. The number of nitrogens with two attached hydrogens (primary N) is 1. The van der Waals surface area contributed by atoms with E-state index in [0.717, 1.165) is 27.9 Å². The van der Waals surface area contributed by atoms with Crippen molar-refractivity contribution in [3.63, 3.8) is 0 Å². The minimum absolute atomic E-state index is 0.180. The summed E-state index contributed by atoms with van der Waals surface area (Å²) < 4.78 is 6.77. The Morgan fingerprint density at radius 1 is 1.23 bits per heavy atom. The van der Waals surface area contributed by atoms with Gasteiger partial charge in [-0.05, 0) is 62.7 Å². The maximum atomic E-state index is 13.2. The number of benzene rings is 2. The highest BCUT2D eigenvalue weighted by molar-refractivity contribution is 6.04. The lowest BCUT2D eigenvalue weighted by Gasteiger charge is -2.22. The highest BCUT2D eigenvalue weighted by Gasteiger charge is 2.27. The van der Waals surface area contributed by atoms with Crippen molar-refractivity contribution in [2.24, 2.45) is 0 Å². The molecular weight excluding hydrogens is 496 g/mol. The van der Waals surface area contributed by atoms with Gasteiger partial charge in [0.15, 0.2) is 0 Å². The topological polar surface area (TPSA) is 135 Å². The van der Waals surface area contributed by atoms with Crippen LogP contribution < -0.4 is 21.3 Å². The molecule has 2 aromatic carbocycles. The van der Waals surface area contributed by atoms with Gasteiger partial charge >= 0.3 is 5.97 Å². The van der Waals surface area contributed by atoms with E-state index >= 15 is 0 Å². The van der Waals surface area contributed by atoms with Crippen LogP contribution in [0.25, 0.3) is 27.7 Å². The van der Waals surface area contributed by atoms with Crippen LogP contribution in [-0.4, -0.2) is 52.2 Å². The number of esters is 1. The molecule has 1 aliphatic carbocycles. The zero-order valence-electron chi connectivity index (χ0n) is 22.3. The molecule has 0 aliphatic heterocycles. The standard InChI is InChI=1S/C29H30N6O4/c1-16-10-11-18(39-17(2)36)15-23(16)35-28(30)26-27(33-35)25-20-7-5-8-21(31-24(37)9-6-14-34(3)4)19(20)12-13-22(25)32-29(26)38/h5-11,15H,12-14,30H2,1-4H3,(H,31,37)(H,32,38)/b9-6+. The number of H-pyrrole nitrogens is 1. The SMILES string of the molecule is CC(=O)Oc1ccc(C)c(-n2nc3c4c([nH]c(=O)c3c2N)CCc2c(NC(=O)/C=C/CN(C)C)cccc2-4)c1. The van der Waals surface area contributed by atoms with Crippen LogP contribution in [0.2, 0.25) is 0 Å². The van der Waals surface area contributed by atoms with E-state index in [1.54, 1.807) is 18.2 Å². The molecule has 0 fully saturated rings. The van der Waals surface area contributed by atoms with Gasteiger partial charge in [-0.3, -0.25) is 14.4 Å². The van der Waals surface area contributed by atoms with Gasteiger partial charge in [0, 0.05) is 42.6 Å². The van der Waals surface area contributed by atoms with Crippen LogP contribution in [-0.2, 0) is 22.4 Å². The number of carbonyl (C=O) groups excluding carboxylic acids is 2. The number of fused-ring (bicyclic) bond motifs is 5. The molecule has 0 radical (unpaired) electrons. The van der Waals surface area contributed by atoms with Crippen molar-refractivity contribution in [2.75, 3.05) is 31.7 Å². The Kier molecular flexibility index (Phi) is 6.80. The molecule has 10 heteroatoms. The number of ether oxygens (including phenoxy) is 1. The molecule has 5 rings (SSSR count). The first kappa shape index (κ1) is 25.9. The second-order valence-corrected chi connectivity index (χ2v) is 9.86. The number of likely N-dealkylation sites (N-methyl/N-ethyl adjacent to an activating group) is 1. The van der Waals surface area contributed by atoms with Crippen LogP contribution in [0.4, 0.5) is 11.5 Å². The normalized spacial score (nSPS) is 12.5. The number of nitrogens with one attached hydrogen (secondary N) is 2. The van der Waals surface area contributed by atoms with Crippen LogP contribution >= 0.6 is 0 Å². The fraction of sp³-hybridized carbons (Fsp3) is 0.241. The largest absolute Gasteiger partial charge is 0.427 e. The first-order chi connectivity index (χ1) is 18.6. The van der Waals surface area contributed by atoms with Gasteiger partial charge in [-0.25, -0.2) is 4.68 Å². The van der Waals surface area contributed by atoms with E-state index in [0.29, 0.717) is 42.0 Å². The summed E-state index contributed by atoms with van der Waals surface area (Å²) in [6.45, 7) is 3.87. The summed E-state index contributed by atoms with van der Waals surface area (Å²) in [6, 6.07) is 10.9. The van der Waals surface area contributed by atoms with Crippen molar-refractivity contribution in [3.8, 4) is 22.6 Å². The second-order valence-electron chi connectivity index (χ2n) is 9.86. The molecule has 0 atom stereocenters. The molecular formula is C29H30N6O4. The maximum Gasteiger partial charge on any atom is 0.308 e. The predicted molar refractivity (Wildman–Crippen MR) is 151 cm³/mol. The number of hydrogen-bond acceptors (Lipinski definition) is 7. The van der Waals surface area contributed by atoms with Gasteiger partial charge in [-0.2, -0.15) is 5.10 Å². The van der Waals surface area contributed by atoms with Gasteiger partial charge in [0.25, 0.3) is 5.56 Å². The van der Waals surface area contributed by atoms with E-state index < -0.39 is 5.97 Å². The lowest BCUT2D eigenvalue weighted by molar-refractivity contribution is -0.131. The number of nitrogens with zero attached hydrogens (tertiary/aromatic N) is 3. The number of hydrogen-bond donors (Lipinski definition) is 3. The molecule has 4 aromatic rings. The Hall–Kier alpha value is -4.70. The quantitative estimate of drug-likeness (QED) is 0.199. The Bertz CT molecular complexity index is 1710. The van der Waals surface area contributed by atoms with Crippen LogP contribution in [0.3, 0.4) is 0 Å². The average Bonchev–Trinajstić information content (AvgIpc) is 3.22. The molecule has 0 spiro atoms. The number of aromatic nitrogens is 3. The third-order valence-corrected chi connectivity index (χ3v) is 6.69. The van der Waals surface area contributed by atoms with Crippen LogP contribution in [0.1, 0.15) is 23.7 Å². The molecule has 39 heavy (non-hydrogen) atoms. The van der Waals surface area contributed by atoms with Crippen LogP contribution in [0.5, 0.6) is 5.75 Å². The van der Waals surface area contributed by atoms with Crippen LogP contribution in [0, 0.1) is 6.92 Å². The van der Waals surface area contributed by atoms with E-state index in [2.05, 4.69) is 10.3 Å². The number of nitrogen functional groups attached to an aromatic ring is 1. The zero-order valence-corrected chi connectivity index (χ0v) is 22.3. The Balaban J connectivity index is 1.63. The van der Waals surface area contributed by atoms with Gasteiger partial charge in [0.1, 0.15) is 22.5 Å². The minimum atomic E-state index is -0.443. The molecule has 10 nitrogen and oxygen atoms in total. The first-order valence-corrected chi connectivity index (χ1v) is 12.6. The van der Waals surface area contributed by atoms with Crippen molar-refractivity contribution in [2.45, 2.75) is 26.7 Å². The van der Waals surface area contributed by atoms with E-state index in [1.165, 1.54) is 17.7 Å². The number of aromatic amines is 1. The number of anilines is 2. The van der Waals surface area contributed by atoms with E-state index in [9.17, 15) is 14.4 Å². The molecule has 0 saturated carbocycles. The number of rotatable bonds is 6. The first-order valence-electron chi connectivity index (χ1n) is 12.6. The monoisotopic (exact) mass is 526 g/mol. The lowest BCUT2D eigenvalue weighted by Crippen LogP contribution is -2.18. The molecule has 0 unspecified atom stereocenters. The maximum absolute atomic E-state index is 13.2. The van der Waals surface area contributed by atoms with Gasteiger partial charge in [-0.15, -0.1) is 0 Å². The Morgan fingerprint density at radius 3 is 2.77 bits per heavy atom. The number of aryl methyl sites for hydroxylation is 2. The van der Waals surface area contributed by atoms with Crippen molar-refractivity contribution in [3.05, 3.63) is 75.7 Å². The zero-order chi connectivity index (χ0) is 27.8. The van der Waals surface area contributed by atoms with Gasteiger partial charge in [0.05, 0.1) is 5.69 Å².